The van der Waals surface area contributed by atoms with Crippen LogP contribution in [0, 0.1) is 6.92 Å². The second-order valence-corrected chi connectivity index (χ2v) is 6.68. The quantitative estimate of drug-likeness (QED) is 0.807. The van der Waals surface area contributed by atoms with E-state index in [2.05, 4.69) is 20.8 Å². The molecule has 0 unspecified atom stereocenters. The Labute approximate surface area is 132 Å². The number of hydrogen-bond acceptors (Lipinski definition) is 4. The molecule has 3 N–H and O–H groups in total. The summed E-state index contributed by atoms with van der Waals surface area (Å²) in [5, 5.41) is 12.5. The molecule has 3 rings (SSSR count). The zero-order valence-corrected chi connectivity index (χ0v) is 13.1. The monoisotopic (exact) mass is 318 g/mol. The summed E-state index contributed by atoms with van der Waals surface area (Å²) in [6.45, 7) is 2.71. The van der Waals surface area contributed by atoms with E-state index in [9.17, 15) is 9.59 Å². The molecule has 2 amide bonds. The van der Waals surface area contributed by atoms with Crippen LogP contribution < -0.4 is 10.6 Å². The lowest BCUT2D eigenvalue weighted by Gasteiger charge is -2.13. The fourth-order valence-corrected chi connectivity index (χ4v) is 3.29. The first-order chi connectivity index (χ1) is 10.6. The van der Waals surface area contributed by atoms with Crippen molar-refractivity contribution in [2.75, 3.05) is 6.54 Å². The van der Waals surface area contributed by atoms with Gasteiger partial charge in [-0.3, -0.25) is 14.7 Å². The van der Waals surface area contributed by atoms with Crippen molar-refractivity contribution in [3.05, 3.63) is 28.8 Å². The van der Waals surface area contributed by atoms with Crippen LogP contribution in [-0.2, 0) is 4.79 Å². The van der Waals surface area contributed by atoms with Crippen LogP contribution >= 0.6 is 11.3 Å². The van der Waals surface area contributed by atoms with E-state index in [4.69, 9.17) is 0 Å². The van der Waals surface area contributed by atoms with Gasteiger partial charge in [-0.2, -0.15) is 5.10 Å². The maximum Gasteiger partial charge on any atom is 0.272 e. The van der Waals surface area contributed by atoms with Crippen LogP contribution in [0.5, 0.6) is 0 Å². The molecule has 0 bridgehead atoms. The van der Waals surface area contributed by atoms with E-state index in [1.807, 2.05) is 19.1 Å². The second-order valence-electron chi connectivity index (χ2n) is 5.39. The Kier molecular flexibility index (Phi) is 4.24. The van der Waals surface area contributed by atoms with Crippen LogP contribution in [0.15, 0.2) is 18.2 Å². The third-order valence-electron chi connectivity index (χ3n) is 3.66. The van der Waals surface area contributed by atoms with Gasteiger partial charge < -0.3 is 10.6 Å². The molecular weight excluding hydrogens is 300 g/mol. The Morgan fingerprint density at radius 2 is 2.27 bits per heavy atom. The molecule has 0 radical (unpaired) electrons. The first kappa shape index (κ1) is 14.8. The minimum absolute atomic E-state index is 0.115. The summed E-state index contributed by atoms with van der Waals surface area (Å²) < 4.78 is 0. The van der Waals surface area contributed by atoms with Gasteiger partial charge in [0.1, 0.15) is 6.04 Å². The maximum absolute atomic E-state index is 12.3. The standard InChI is InChI=1S/C15H18N4O2S/c1-9-5-6-13(22-9)11-8-12(19-18-11)15(21)17-10-4-2-3-7-16-14(10)20/h5-6,8,10H,2-4,7H2,1H3,(H,16,20)(H,17,21)(H,18,19)/t10-/m1/s1. The summed E-state index contributed by atoms with van der Waals surface area (Å²) in [4.78, 5) is 26.3. The van der Waals surface area contributed by atoms with Crippen molar-refractivity contribution in [2.24, 2.45) is 0 Å². The number of aromatic nitrogens is 2. The lowest BCUT2D eigenvalue weighted by molar-refractivity contribution is -0.122. The lowest BCUT2D eigenvalue weighted by atomic mass is 10.1. The molecule has 0 spiro atoms. The SMILES string of the molecule is Cc1ccc(-c2cc(C(=O)N[C@@H]3CCCCNC3=O)n[nH]2)s1. The number of carbonyl (C=O) groups excluding carboxylic acids is 2. The van der Waals surface area contributed by atoms with Gasteiger partial charge in [-0.25, -0.2) is 0 Å². The molecule has 0 aromatic carbocycles. The van der Waals surface area contributed by atoms with E-state index < -0.39 is 6.04 Å². The molecule has 0 saturated carbocycles. The minimum atomic E-state index is -0.473. The average Bonchev–Trinajstić information content (AvgIpc) is 3.09. The molecule has 3 heterocycles. The Bertz CT molecular complexity index is 691. The first-order valence-electron chi connectivity index (χ1n) is 7.34. The van der Waals surface area contributed by atoms with Gasteiger partial charge in [0.25, 0.3) is 5.91 Å². The van der Waals surface area contributed by atoms with Crippen molar-refractivity contribution in [1.82, 2.24) is 20.8 Å². The van der Waals surface area contributed by atoms with Crippen LogP contribution in [0.1, 0.15) is 34.6 Å². The Hall–Kier alpha value is -2.15. The van der Waals surface area contributed by atoms with E-state index in [0.29, 0.717) is 18.7 Å². The summed E-state index contributed by atoms with van der Waals surface area (Å²) in [7, 11) is 0. The summed E-state index contributed by atoms with van der Waals surface area (Å²) in [6.07, 6.45) is 2.53. The van der Waals surface area contributed by atoms with Crippen molar-refractivity contribution in [1.29, 1.82) is 0 Å². The van der Waals surface area contributed by atoms with Gasteiger partial charge in [-0.05, 0) is 44.4 Å². The number of aryl methyl sites for hydroxylation is 1. The van der Waals surface area contributed by atoms with Crippen molar-refractivity contribution < 1.29 is 9.59 Å². The third kappa shape index (κ3) is 3.19. The number of hydrogen-bond donors (Lipinski definition) is 3. The number of amides is 2. The highest BCUT2D eigenvalue weighted by Crippen LogP contribution is 2.26. The number of carbonyl (C=O) groups is 2. The molecule has 7 heteroatoms. The summed E-state index contributed by atoms with van der Waals surface area (Å²) >= 11 is 1.64. The van der Waals surface area contributed by atoms with E-state index >= 15 is 0 Å². The molecule has 2 aromatic rings. The van der Waals surface area contributed by atoms with Gasteiger partial charge in [-0.15, -0.1) is 11.3 Å². The van der Waals surface area contributed by atoms with E-state index in [1.165, 1.54) is 4.88 Å². The van der Waals surface area contributed by atoms with Crippen molar-refractivity contribution >= 4 is 23.2 Å². The van der Waals surface area contributed by atoms with Crippen LogP contribution in [0.2, 0.25) is 0 Å². The molecule has 1 aliphatic heterocycles. The summed E-state index contributed by atoms with van der Waals surface area (Å²) in [5.74, 6) is -0.437. The third-order valence-corrected chi connectivity index (χ3v) is 4.69. The number of rotatable bonds is 3. The summed E-state index contributed by atoms with van der Waals surface area (Å²) in [5.41, 5.74) is 1.12. The van der Waals surface area contributed by atoms with Gasteiger partial charge in [0, 0.05) is 11.4 Å². The molecule has 1 atom stereocenters. The average molecular weight is 318 g/mol. The van der Waals surface area contributed by atoms with Gasteiger partial charge in [-0.1, -0.05) is 0 Å². The van der Waals surface area contributed by atoms with Crippen LogP contribution in [-0.4, -0.2) is 34.6 Å². The molecule has 1 aliphatic rings. The van der Waals surface area contributed by atoms with Gasteiger partial charge in [0.15, 0.2) is 5.69 Å². The predicted molar refractivity (Wildman–Crippen MR) is 84.8 cm³/mol. The van der Waals surface area contributed by atoms with E-state index in [0.717, 1.165) is 23.4 Å². The van der Waals surface area contributed by atoms with E-state index in [-0.39, 0.29) is 11.8 Å². The molecule has 1 fully saturated rings. The van der Waals surface area contributed by atoms with Crippen molar-refractivity contribution in [2.45, 2.75) is 32.2 Å². The largest absolute Gasteiger partial charge is 0.354 e. The Morgan fingerprint density at radius 3 is 3.05 bits per heavy atom. The van der Waals surface area contributed by atoms with Crippen LogP contribution in [0.3, 0.4) is 0 Å². The normalized spacial score (nSPS) is 18.6. The highest BCUT2D eigenvalue weighted by molar-refractivity contribution is 7.15. The van der Waals surface area contributed by atoms with Gasteiger partial charge >= 0.3 is 0 Å². The number of thiophene rings is 1. The first-order valence-corrected chi connectivity index (χ1v) is 8.16. The molecule has 22 heavy (non-hydrogen) atoms. The highest BCUT2D eigenvalue weighted by Gasteiger charge is 2.24. The number of aromatic amines is 1. The molecule has 116 valence electrons. The van der Waals surface area contributed by atoms with Crippen molar-refractivity contribution in [3.63, 3.8) is 0 Å². The molecular formula is C15H18N4O2S. The van der Waals surface area contributed by atoms with Crippen LogP contribution in [0.25, 0.3) is 10.6 Å². The zero-order valence-electron chi connectivity index (χ0n) is 12.3. The number of H-pyrrole nitrogens is 1. The summed E-state index contributed by atoms with van der Waals surface area (Å²) in [6, 6.07) is 5.26. The minimum Gasteiger partial charge on any atom is -0.354 e. The fraction of sp³-hybridized carbons (Fsp3) is 0.400. The maximum atomic E-state index is 12.3. The molecule has 1 saturated heterocycles. The van der Waals surface area contributed by atoms with Gasteiger partial charge in [0.05, 0.1) is 10.6 Å². The topological polar surface area (TPSA) is 86.9 Å². The van der Waals surface area contributed by atoms with Gasteiger partial charge in [0.2, 0.25) is 5.91 Å². The molecule has 2 aromatic heterocycles. The van der Waals surface area contributed by atoms with E-state index in [1.54, 1.807) is 17.4 Å². The number of nitrogens with zero attached hydrogens (tertiary/aromatic N) is 1. The molecule has 6 nitrogen and oxygen atoms in total. The fourth-order valence-electron chi connectivity index (χ4n) is 2.45. The van der Waals surface area contributed by atoms with Crippen molar-refractivity contribution in [3.8, 4) is 10.6 Å². The second kappa shape index (κ2) is 6.31. The molecule has 0 aliphatic carbocycles. The Balaban J connectivity index is 1.70. The Morgan fingerprint density at radius 1 is 1.41 bits per heavy atom. The smallest absolute Gasteiger partial charge is 0.272 e. The zero-order chi connectivity index (χ0) is 15.5. The number of nitrogens with one attached hydrogen (secondary N) is 3. The van der Waals surface area contributed by atoms with Crippen LogP contribution in [0.4, 0.5) is 0 Å². The predicted octanol–water partition coefficient (Wildman–Crippen LogP) is 1.85. The lowest BCUT2D eigenvalue weighted by Crippen LogP contribution is -2.45. The highest BCUT2D eigenvalue weighted by atomic mass is 32.1.